The van der Waals surface area contributed by atoms with Gasteiger partial charge in [0.2, 0.25) is 5.91 Å². The van der Waals surface area contributed by atoms with E-state index >= 15 is 0 Å². The number of hydrogen-bond donors (Lipinski definition) is 2. The van der Waals surface area contributed by atoms with Crippen LogP contribution in [0.1, 0.15) is 32.2 Å². The average molecular weight is 439 g/mol. The van der Waals surface area contributed by atoms with Gasteiger partial charge in [-0.2, -0.15) is 18.3 Å². The molecular formula is C14H14BrF3N4O2S. The van der Waals surface area contributed by atoms with E-state index in [-0.39, 0.29) is 20.7 Å². The SMILES string of the molecule is Cc1sc(NC(=O)Cn2nc(C(F)(F)F)c(Br)c2C)c(C(N)=O)c1C. The third-order valence-corrected chi connectivity index (χ3v) is 5.65. The minimum Gasteiger partial charge on any atom is -0.365 e. The Morgan fingerprint density at radius 3 is 2.40 bits per heavy atom. The Morgan fingerprint density at radius 2 is 1.92 bits per heavy atom. The fourth-order valence-electron chi connectivity index (χ4n) is 2.17. The first-order chi connectivity index (χ1) is 11.4. The van der Waals surface area contributed by atoms with E-state index in [1.807, 2.05) is 0 Å². The van der Waals surface area contributed by atoms with Crippen molar-refractivity contribution in [1.29, 1.82) is 0 Å². The molecule has 2 heterocycles. The molecule has 0 aliphatic rings. The number of primary amides is 1. The first kappa shape index (κ1) is 19.4. The topological polar surface area (TPSA) is 90.0 Å². The van der Waals surface area contributed by atoms with Gasteiger partial charge in [-0.25, -0.2) is 0 Å². The lowest BCUT2D eigenvalue weighted by molar-refractivity contribution is -0.142. The molecule has 0 radical (unpaired) electrons. The first-order valence-corrected chi connectivity index (χ1v) is 8.54. The van der Waals surface area contributed by atoms with Crippen molar-refractivity contribution in [2.45, 2.75) is 33.5 Å². The maximum atomic E-state index is 12.9. The largest absolute Gasteiger partial charge is 0.436 e. The smallest absolute Gasteiger partial charge is 0.365 e. The first-order valence-electron chi connectivity index (χ1n) is 6.93. The third-order valence-electron chi connectivity index (χ3n) is 3.58. The molecule has 25 heavy (non-hydrogen) atoms. The molecule has 3 N–H and O–H groups in total. The van der Waals surface area contributed by atoms with Crippen LogP contribution >= 0.6 is 27.3 Å². The summed E-state index contributed by atoms with van der Waals surface area (Å²) in [5, 5.41) is 6.23. The summed E-state index contributed by atoms with van der Waals surface area (Å²) in [5.74, 6) is -1.30. The van der Waals surface area contributed by atoms with Crippen LogP contribution in [0.3, 0.4) is 0 Å². The summed E-state index contributed by atoms with van der Waals surface area (Å²) in [6.45, 7) is 4.45. The zero-order valence-corrected chi connectivity index (χ0v) is 15.8. The number of carbonyl (C=O) groups is 2. The van der Waals surface area contributed by atoms with Gasteiger partial charge in [-0.15, -0.1) is 11.3 Å². The van der Waals surface area contributed by atoms with E-state index in [4.69, 9.17) is 5.73 Å². The molecule has 0 saturated carbocycles. The standard InChI is InChI=1S/C14H14BrF3N4O2S/c1-5-7(3)25-13(9(5)12(19)24)20-8(23)4-22-6(2)10(15)11(21-22)14(16,17)18/h4H2,1-3H3,(H2,19,24)(H,20,23). The minimum atomic E-state index is -4.63. The number of rotatable bonds is 4. The number of carbonyl (C=O) groups excluding carboxylic acids is 2. The van der Waals surface area contributed by atoms with Crippen LogP contribution in [-0.4, -0.2) is 21.6 Å². The molecule has 2 aromatic rings. The van der Waals surface area contributed by atoms with Crippen molar-refractivity contribution in [3.05, 3.63) is 31.9 Å². The molecule has 11 heteroatoms. The number of nitrogens with one attached hydrogen (secondary N) is 1. The van der Waals surface area contributed by atoms with Gasteiger partial charge in [0, 0.05) is 4.88 Å². The van der Waals surface area contributed by atoms with Crippen molar-refractivity contribution < 1.29 is 22.8 Å². The van der Waals surface area contributed by atoms with E-state index < -0.39 is 30.2 Å². The van der Waals surface area contributed by atoms with Crippen molar-refractivity contribution >= 4 is 44.1 Å². The fraction of sp³-hybridized carbons (Fsp3) is 0.357. The summed E-state index contributed by atoms with van der Waals surface area (Å²) in [7, 11) is 0. The Hall–Kier alpha value is -1.88. The fourth-order valence-corrected chi connectivity index (χ4v) is 3.76. The zero-order valence-electron chi connectivity index (χ0n) is 13.4. The van der Waals surface area contributed by atoms with Crippen molar-refractivity contribution in [3.8, 4) is 0 Å². The molecule has 6 nitrogen and oxygen atoms in total. The van der Waals surface area contributed by atoms with Gasteiger partial charge in [-0.1, -0.05) is 0 Å². The average Bonchev–Trinajstić information content (AvgIpc) is 2.89. The molecule has 0 unspecified atom stereocenters. The molecule has 2 aromatic heterocycles. The number of amides is 2. The van der Waals surface area contributed by atoms with E-state index in [0.29, 0.717) is 5.56 Å². The normalized spacial score (nSPS) is 11.6. The molecular weight excluding hydrogens is 425 g/mol. The van der Waals surface area contributed by atoms with Crippen LogP contribution in [0.4, 0.5) is 18.2 Å². The van der Waals surface area contributed by atoms with Crippen LogP contribution in [0, 0.1) is 20.8 Å². The number of hydrogen-bond acceptors (Lipinski definition) is 4. The minimum absolute atomic E-state index is 0.163. The highest BCUT2D eigenvalue weighted by Crippen LogP contribution is 2.36. The van der Waals surface area contributed by atoms with E-state index in [9.17, 15) is 22.8 Å². The van der Waals surface area contributed by atoms with Crippen molar-refractivity contribution in [2.75, 3.05) is 5.32 Å². The van der Waals surface area contributed by atoms with Crippen LogP contribution in [0.5, 0.6) is 0 Å². The number of nitrogens with two attached hydrogens (primary N) is 1. The molecule has 0 bridgehead atoms. The Labute approximate surface area is 153 Å². The Kier molecular flexibility index (Phi) is 5.28. The summed E-state index contributed by atoms with van der Waals surface area (Å²) in [6.07, 6.45) is -4.63. The molecule has 2 rings (SSSR count). The van der Waals surface area contributed by atoms with Gasteiger partial charge in [-0.3, -0.25) is 14.3 Å². The second kappa shape index (κ2) is 6.79. The summed E-state index contributed by atoms with van der Waals surface area (Å²) >= 11 is 4.02. The van der Waals surface area contributed by atoms with E-state index in [1.165, 1.54) is 18.3 Å². The number of halogens is 4. The maximum Gasteiger partial charge on any atom is 0.436 e. The number of aryl methyl sites for hydroxylation is 1. The number of anilines is 1. The molecule has 0 spiro atoms. The molecule has 0 atom stereocenters. The van der Waals surface area contributed by atoms with Gasteiger partial charge >= 0.3 is 6.18 Å². The lowest BCUT2D eigenvalue weighted by Gasteiger charge is -2.07. The molecule has 136 valence electrons. The predicted molar refractivity (Wildman–Crippen MR) is 90.6 cm³/mol. The van der Waals surface area contributed by atoms with Gasteiger partial charge in [0.25, 0.3) is 5.91 Å². The second-order valence-corrected chi connectivity index (χ2v) is 7.32. The molecule has 0 aliphatic carbocycles. The van der Waals surface area contributed by atoms with Gasteiger partial charge in [0.15, 0.2) is 5.69 Å². The van der Waals surface area contributed by atoms with Crippen LogP contribution in [-0.2, 0) is 17.5 Å². The van der Waals surface area contributed by atoms with Gasteiger partial charge in [0.1, 0.15) is 11.5 Å². The van der Waals surface area contributed by atoms with Crippen molar-refractivity contribution in [1.82, 2.24) is 9.78 Å². The number of nitrogens with zero attached hydrogens (tertiary/aromatic N) is 2. The maximum absolute atomic E-state index is 12.9. The predicted octanol–water partition coefficient (Wildman–Crippen LogP) is 3.39. The lowest BCUT2D eigenvalue weighted by atomic mass is 10.1. The van der Waals surface area contributed by atoms with Gasteiger partial charge in [-0.05, 0) is 42.3 Å². The highest BCUT2D eigenvalue weighted by Gasteiger charge is 2.38. The van der Waals surface area contributed by atoms with Crippen LogP contribution in [0.2, 0.25) is 0 Å². The summed E-state index contributed by atoms with van der Waals surface area (Å²) < 4.78 is 39.3. The number of aromatic nitrogens is 2. The number of thiophene rings is 1. The van der Waals surface area contributed by atoms with E-state index in [0.717, 1.165) is 9.56 Å². The molecule has 0 saturated heterocycles. The second-order valence-electron chi connectivity index (χ2n) is 5.30. The molecule has 0 aromatic carbocycles. The monoisotopic (exact) mass is 438 g/mol. The van der Waals surface area contributed by atoms with Gasteiger partial charge in [0.05, 0.1) is 15.7 Å². The van der Waals surface area contributed by atoms with Crippen molar-refractivity contribution in [3.63, 3.8) is 0 Å². The van der Waals surface area contributed by atoms with E-state index in [2.05, 4.69) is 26.3 Å². The molecule has 2 amide bonds. The zero-order chi connectivity index (χ0) is 19.1. The highest BCUT2D eigenvalue weighted by molar-refractivity contribution is 9.10. The summed E-state index contributed by atoms with van der Waals surface area (Å²) in [5.41, 5.74) is 5.24. The van der Waals surface area contributed by atoms with Crippen molar-refractivity contribution in [2.24, 2.45) is 5.73 Å². The highest BCUT2D eigenvalue weighted by atomic mass is 79.9. The van der Waals surface area contributed by atoms with Gasteiger partial charge < -0.3 is 11.1 Å². The van der Waals surface area contributed by atoms with Crippen LogP contribution in [0.25, 0.3) is 0 Å². The Balaban J connectivity index is 2.25. The lowest BCUT2D eigenvalue weighted by Crippen LogP contribution is -2.22. The third kappa shape index (κ3) is 3.87. The molecule has 0 fully saturated rings. The van der Waals surface area contributed by atoms with Crippen LogP contribution in [0.15, 0.2) is 4.47 Å². The Bertz CT molecular complexity index is 857. The molecule has 0 aliphatic heterocycles. The summed E-state index contributed by atoms with van der Waals surface area (Å²) in [6, 6.07) is 0. The Morgan fingerprint density at radius 1 is 1.32 bits per heavy atom. The quantitative estimate of drug-likeness (QED) is 0.766. The summed E-state index contributed by atoms with van der Waals surface area (Å²) in [4.78, 5) is 24.5. The van der Waals surface area contributed by atoms with E-state index in [1.54, 1.807) is 13.8 Å². The number of alkyl halides is 3. The van der Waals surface area contributed by atoms with Crippen LogP contribution < -0.4 is 11.1 Å².